The minimum Gasteiger partial charge on any atom is -0.444 e. The van der Waals surface area contributed by atoms with Crippen molar-refractivity contribution in [3.8, 4) is 0 Å². The van der Waals surface area contributed by atoms with Crippen molar-refractivity contribution < 1.29 is 17.9 Å². The van der Waals surface area contributed by atoms with Crippen LogP contribution in [0, 0.1) is 0 Å². The Kier molecular flexibility index (Phi) is 7.46. The van der Waals surface area contributed by atoms with E-state index in [1.807, 2.05) is 20.8 Å². The molecule has 0 spiro atoms. The monoisotopic (exact) mass is 486 g/mol. The molecule has 0 aliphatic carbocycles. The first-order valence-electron chi connectivity index (χ1n) is 9.96. The molecule has 0 atom stereocenters. The van der Waals surface area contributed by atoms with Crippen LogP contribution in [-0.2, 0) is 21.3 Å². The number of hydrogen-bond acceptors (Lipinski definition) is 7. The molecule has 0 saturated carbocycles. The number of sulfonamides is 1. The number of carbonyl (C=O) groups is 1. The molecule has 0 bridgehead atoms. The van der Waals surface area contributed by atoms with Crippen molar-refractivity contribution in [2.75, 3.05) is 18.4 Å². The molecule has 1 amide bonds. The van der Waals surface area contributed by atoms with E-state index in [-0.39, 0.29) is 17.0 Å². The van der Waals surface area contributed by atoms with Crippen molar-refractivity contribution in [1.29, 1.82) is 0 Å². The van der Waals surface area contributed by atoms with Gasteiger partial charge < -0.3 is 15.0 Å². The summed E-state index contributed by atoms with van der Waals surface area (Å²) in [6.45, 7) is 6.93. The first-order valence-corrected chi connectivity index (χ1v) is 12.6. The van der Waals surface area contributed by atoms with Crippen LogP contribution in [0.1, 0.15) is 38.5 Å². The first kappa shape index (κ1) is 23.8. The minimum absolute atomic E-state index is 0.202. The Morgan fingerprint density at radius 3 is 2.45 bits per heavy atom. The molecular weight excluding hydrogens is 460 g/mol. The summed E-state index contributed by atoms with van der Waals surface area (Å²) in [5.74, 6) is 0. The Morgan fingerprint density at radius 1 is 1.26 bits per heavy atom. The number of ether oxygens (including phenoxy) is 1. The van der Waals surface area contributed by atoms with Gasteiger partial charge in [-0.15, -0.1) is 11.3 Å². The fourth-order valence-electron chi connectivity index (χ4n) is 3.10. The molecule has 2 N–H and O–H groups in total. The smallest absolute Gasteiger partial charge is 0.410 e. The quantitative estimate of drug-likeness (QED) is 0.637. The van der Waals surface area contributed by atoms with Gasteiger partial charge in [0.25, 0.3) is 0 Å². The van der Waals surface area contributed by atoms with Crippen LogP contribution in [0.4, 0.5) is 10.5 Å². The van der Waals surface area contributed by atoms with E-state index >= 15 is 0 Å². The maximum absolute atomic E-state index is 12.7. The van der Waals surface area contributed by atoms with Crippen LogP contribution in [-0.4, -0.2) is 49.1 Å². The van der Waals surface area contributed by atoms with Gasteiger partial charge in [0.15, 0.2) is 4.47 Å². The van der Waals surface area contributed by atoms with Crippen LogP contribution in [0.25, 0.3) is 0 Å². The topological polar surface area (TPSA) is 101 Å². The molecule has 170 valence electrons. The van der Waals surface area contributed by atoms with Crippen LogP contribution in [0.3, 0.4) is 0 Å². The highest BCUT2D eigenvalue weighted by Gasteiger charge is 2.29. The molecule has 31 heavy (non-hydrogen) atoms. The number of benzene rings is 1. The largest absolute Gasteiger partial charge is 0.444 e. The second-order valence-corrected chi connectivity index (χ2v) is 11.7. The standard InChI is InChI=1S/C20H27ClN4O4S2/c1-20(2,3)29-19(26)25-10-8-15(9-11-25)24-31(27,28)17-6-4-14(5-7-17)22-12-16-13-23-18(21)30-16/h4-7,13,15,22,24H,8-12H2,1-3H3. The molecule has 1 fully saturated rings. The number of likely N-dealkylation sites (tertiary alicyclic amines) is 1. The molecule has 3 rings (SSSR count). The Labute approximate surface area is 192 Å². The summed E-state index contributed by atoms with van der Waals surface area (Å²) in [6.07, 6.45) is 2.42. The summed E-state index contributed by atoms with van der Waals surface area (Å²) in [7, 11) is -3.64. The number of aromatic nitrogens is 1. The van der Waals surface area contributed by atoms with Gasteiger partial charge in [-0.25, -0.2) is 22.9 Å². The molecule has 1 aliphatic rings. The lowest BCUT2D eigenvalue weighted by Crippen LogP contribution is -2.47. The lowest BCUT2D eigenvalue weighted by molar-refractivity contribution is 0.0203. The number of rotatable bonds is 6. The van der Waals surface area contributed by atoms with Gasteiger partial charge in [-0.05, 0) is 57.9 Å². The third-order valence-electron chi connectivity index (χ3n) is 4.63. The van der Waals surface area contributed by atoms with Crippen molar-refractivity contribution in [3.63, 3.8) is 0 Å². The zero-order chi connectivity index (χ0) is 22.6. The molecule has 1 aliphatic heterocycles. The second kappa shape index (κ2) is 9.72. The van der Waals surface area contributed by atoms with Gasteiger partial charge >= 0.3 is 6.09 Å². The van der Waals surface area contributed by atoms with Gasteiger partial charge in [-0.3, -0.25) is 0 Å². The molecule has 2 heterocycles. The van der Waals surface area contributed by atoms with E-state index in [9.17, 15) is 13.2 Å². The predicted molar refractivity (Wildman–Crippen MR) is 122 cm³/mol. The minimum atomic E-state index is -3.64. The molecule has 0 radical (unpaired) electrons. The predicted octanol–water partition coefficient (Wildman–Crippen LogP) is 4.09. The molecule has 1 saturated heterocycles. The number of carbonyl (C=O) groups excluding carboxylic acids is 1. The molecule has 11 heteroatoms. The van der Waals surface area contributed by atoms with Crippen LogP contribution in [0.2, 0.25) is 4.47 Å². The van der Waals surface area contributed by atoms with E-state index in [0.29, 0.717) is 36.9 Å². The summed E-state index contributed by atoms with van der Waals surface area (Å²) in [5, 5.41) is 3.21. The highest BCUT2D eigenvalue weighted by atomic mass is 35.5. The van der Waals surface area contributed by atoms with Crippen molar-refractivity contribution in [2.24, 2.45) is 0 Å². The summed E-state index contributed by atoms with van der Waals surface area (Å²) in [5.41, 5.74) is 0.249. The van der Waals surface area contributed by atoms with Gasteiger partial charge in [0.1, 0.15) is 5.60 Å². The average molecular weight is 487 g/mol. The van der Waals surface area contributed by atoms with E-state index < -0.39 is 15.6 Å². The lowest BCUT2D eigenvalue weighted by Gasteiger charge is -2.33. The molecular formula is C20H27ClN4O4S2. The number of amides is 1. The van der Waals surface area contributed by atoms with Crippen molar-refractivity contribution in [3.05, 3.63) is 39.8 Å². The number of nitrogens with one attached hydrogen (secondary N) is 2. The Hall–Kier alpha value is -1.88. The SMILES string of the molecule is CC(C)(C)OC(=O)N1CCC(NS(=O)(=O)c2ccc(NCc3cnc(Cl)s3)cc2)CC1. The Morgan fingerprint density at radius 2 is 1.90 bits per heavy atom. The normalized spacial score (nSPS) is 15.7. The van der Waals surface area contributed by atoms with Crippen LogP contribution < -0.4 is 10.0 Å². The van der Waals surface area contributed by atoms with E-state index in [1.54, 1.807) is 35.4 Å². The number of hydrogen-bond donors (Lipinski definition) is 2. The lowest BCUT2D eigenvalue weighted by atomic mass is 10.1. The number of nitrogens with zero attached hydrogens (tertiary/aromatic N) is 2. The van der Waals surface area contributed by atoms with Gasteiger partial charge in [0.2, 0.25) is 10.0 Å². The van der Waals surface area contributed by atoms with Crippen molar-refractivity contribution >= 4 is 44.7 Å². The molecule has 2 aromatic rings. The molecule has 0 unspecified atom stereocenters. The average Bonchev–Trinajstić information content (AvgIpc) is 3.11. The Balaban J connectivity index is 1.51. The third-order valence-corrected chi connectivity index (χ3v) is 7.28. The van der Waals surface area contributed by atoms with Gasteiger partial charge in [0, 0.05) is 35.9 Å². The zero-order valence-corrected chi connectivity index (χ0v) is 20.1. The van der Waals surface area contributed by atoms with Gasteiger partial charge in [-0.2, -0.15) is 0 Å². The van der Waals surface area contributed by atoms with Crippen LogP contribution >= 0.6 is 22.9 Å². The van der Waals surface area contributed by atoms with E-state index in [0.717, 1.165) is 10.6 Å². The molecule has 8 nitrogen and oxygen atoms in total. The number of piperidine rings is 1. The fourth-order valence-corrected chi connectivity index (χ4v) is 5.32. The first-order chi connectivity index (χ1) is 14.5. The second-order valence-electron chi connectivity index (χ2n) is 8.32. The highest BCUT2D eigenvalue weighted by Crippen LogP contribution is 2.21. The maximum atomic E-state index is 12.7. The third kappa shape index (κ3) is 7.06. The van der Waals surface area contributed by atoms with Crippen LogP contribution in [0.15, 0.2) is 35.4 Å². The van der Waals surface area contributed by atoms with Crippen molar-refractivity contribution in [1.82, 2.24) is 14.6 Å². The fraction of sp³-hybridized carbons (Fsp3) is 0.500. The van der Waals surface area contributed by atoms with Gasteiger partial charge in [0.05, 0.1) is 11.4 Å². The number of halogens is 1. The van der Waals surface area contributed by atoms with E-state index in [4.69, 9.17) is 16.3 Å². The number of thiazole rings is 1. The Bertz CT molecular complexity index is 995. The summed E-state index contributed by atoms with van der Waals surface area (Å²) >= 11 is 7.21. The molecule has 1 aromatic heterocycles. The van der Waals surface area contributed by atoms with Gasteiger partial charge in [-0.1, -0.05) is 11.6 Å². The highest BCUT2D eigenvalue weighted by molar-refractivity contribution is 7.89. The zero-order valence-electron chi connectivity index (χ0n) is 17.7. The summed E-state index contributed by atoms with van der Waals surface area (Å²) in [4.78, 5) is 18.9. The van der Waals surface area contributed by atoms with E-state index in [2.05, 4.69) is 15.0 Å². The summed E-state index contributed by atoms with van der Waals surface area (Å²) in [6, 6.07) is 6.36. The molecule has 1 aromatic carbocycles. The van der Waals surface area contributed by atoms with Crippen molar-refractivity contribution in [2.45, 2.75) is 56.7 Å². The summed E-state index contributed by atoms with van der Waals surface area (Å²) < 4.78 is 34.1. The van der Waals surface area contributed by atoms with E-state index in [1.165, 1.54) is 11.3 Å². The van der Waals surface area contributed by atoms with Crippen LogP contribution in [0.5, 0.6) is 0 Å². The maximum Gasteiger partial charge on any atom is 0.410 e. The number of anilines is 1.